The van der Waals surface area contributed by atoms with Crippen molar-refractivity contribution in [2.45, 2.75) is 19.4 Å². The lowest BCUT2D eigenvalue weighted by Gasteiger charge is -2.32. The highest BCUT2D eigenvalue weighted by Gasteiger charge is 2.24. The predicted octanol–water partition coefficient (Wildman–Crippen LogP) is -1.35. The third-order valence-corrected chi connectivity index (χ3v) is 4.05. The van der Waals surface area contributed by atoms with Crippen LogP contribution in [0.3, 0.4) is 0 Å². The van der Waals surface area contributed by atoms with E-state index in [9.17, 15) is 13.2 Å². The van der Waals surface area contributed by atoms with Crippen molar-refractivity contribution in [3.05, 3.63) is 6.33 Å². The fraction of sp³-hybridized carbons (Fsp3) is 0.727. The second kappa shape index (κ2) is 6.39. The summed E-state index contributed by atoms with van der Waals surface area (Å²) >= 11 is 0. The lowest BCUT2D eigenvalue weighted by atomic mass is 9.98. The normalized spacial score (nSPS) is 19.7. The highest BCUT2D eigenvalue weighted by Crippen LogP contribution is 2.16. The summed E-state index contributed by atoms with van der Waals surface area (Å²) in [6, 6.07) is 0. The van der Waals surface area contributed by atoms with Crippen LogP contribution in [0.1, 0.15) is 12.8 Å². The molecule has 1 aromatic heterocycles. The van der Waals surface area contributed by atoms with Crippen molar-refractivity contribution in [2.24, 2.45) is 5.92 Å². The van der Waals surface area contributed by atoms with Crippen LogP contribution in [0.15, 0.2) is 6.33 Å². The molecule has 1 aliphatic rings. The third kappa shape index (κ3) is 4.97. The van der Waals surface area contributed by atoms with Crippen LogP contribution in [0.5, 0.6) is 0 Å². The van der Waals surface area contributed by atoms with Gasteiger partial charge >= 0.3 is 0 Å². The maximum Gasteiger partial charge on any atom is 0.244 e. The van der Waals surface area contributed by atoms with Gasteiger partial charge < -0.3 is 10.6 Å². The van der Waals surface area contributed by atoms with Crippen molar-refractivity contribution in [1.29, 1.82) is 0 Å². The van der Waals surface area contributed by atoms with E-state index >= 15 is 0 Å². The Morgan fingerprint density at radius 3 is 2.95 bits per heavy atom. The largest absolute Gasteiger partial charge is 0.367 e. The lowest BCUT2D eigenvalue weighted by Crippen LogP contribution is -2.44. The number of hydrogen-bond acceptors (Lipinski definition) is 6. The van der Waals surface area contributed by atoms with Gasteiger partial charge in [-0.2, -0.15) is 0 Å². The summed E-state index contributed by atoms with van der Waals surface area (Å²) in [5.41, 5.74) is 5.40. The van der Waals surface area contributed by atoms with Crippen LogP contribution in [-0.2, 0) is 21.4 Å². The van der Waals surface area contributed by atoms with E-state index in [2.05, 4.69) is 14.8 Å². The minimum absolute atomic E-state index is 0.0658. The summed E-state index contributed by atoms with van der Waals surface area (Å²) in [4.78, 5) is 17.7. The summed E-state index contributed by atoms with van der Waals surface area (Å²) in [7, 11) is -3.20. The van der Waals surface area contributed by atoms with Gasteiger partial charge in [0, 0.05) is 19.6 Å². The summed E-state index contributed by atoms with van der Waals surface area (Å²) in [6.45, 7) is 1.68. The average molecular weight is 316 g/mol. The number of amides is 1. The Bertz CT molecular complexity index is 599. The first-order valence-corrected chi connectivity index (χ1v) is 8.60. The van der Waals surface area contributed by atoms with Crippen molar-refractivity contribution in [3.63, 3.8) is 0 Å². The van der Waals surface area contributed by atoms with Gasteiger partial charge in [0.1, 0.15) is 12.9 Å². The Kier molecular flexibility index (Phi) is 4.78. The van der Waals surface area contributed by atoms with E-state index in [4.69, 9.17) is 5.73 Å². The molecule has 0 radical (unpaired) electrons. The smallest absolute Gasteiger partial charge is 0.244 e. The maximum absolute atomic E-state index is 12.2. The summed E-state index contributed by atoms with van der Waals surface area (Å²) in [5, 5.41) is 3.88. The van der Waals surface area contributed by atoms with Crippen LogP contribution in [0, 0.1) is 5.92 Å². The average Bonchev–Trinajstić information content (AvgIpc) is 2.81. The molecule has 0 saturated carbocycles. The van der Waals surface area contributed by atoms with Gasteiger partial charge in [0.05, 0.1) is 6.26 Å². The minimum Gasteiger partial charge on any atom is -0.367 e. The van der Waals surface area contributed by atoms with E-state index in [1.54, 1.807) is 4.90 Å². The van der Waals surface area contributed by atoms with Crippen molar-refractivity contribution in [1.82, 2.24) is 24.4 Å². The summed E-state index contributed by atoms with van der Waals surface area (Å²) in [5.74, 6) is 0.207. The number of anilines is 1. The molecule has 9 nitrogen and oxygen atoms in total. The van der Waals surface area contributed by atoms with Gasteiger partial charge in [0.25, 0.3) is 0 Å². The van der Waals surface area contributed by atoms with E-state index in [-0.39, 0.29) is 24.3 Å². The number of aromatic nitrogens is 3. The van der Waals surface area contributed by atoms with Crippen molar-refractivity contribution in [3.8, 4) is 0 Å². The van der Waals surface area contributed by atoms with Gasteiger partial charge in [0.15, 0.2) is 0 Å². The molecule has 0 spiro atoms. The number of carbonyl (C=O) groups excluding carboxylic acids is 1. The minimum atomic E-state index is -3.20. The number of nitrogens with one attached hydrogen (secondary N) is 1. The molecule has 1 unspecified atom stereocenters. The zero-order valence-corrected chi connectivity index (χ0v) is 12.7. The van der Waals surface area contributed by atoms with Gasteiger partial charge in [-0.3, -0.25) is 4.79 Å². The van der Waals surface area contributed by atoms with Crippen molar-refractivity contribution in [2.75, 3.05) is 31.6 Å². The number of hydrogen-bond donors (Lipinski definition) is 2. The second-order valence-electron chi connectivity index (χ2n) is 5.27. The molecule has 0 bridgehead atoms. The van der Waals surface area contributed by atoms with Gasteiger partial charge in [0.2, 0.25) is 21.9 Å². The molecule has 2 heterocycles. The van der Waals surface area contributed by atoms with Crippen molar-refractivity contribution >= 4 is 21.9 Å². The quantitative estimate of drug-likeness (QED) is 0.692. The number of nitrogens with two attached hydrogens (primary N) is 1. The highest BCUT2D eigenvalue weighted by atomic mass is 32.2. The Labute approximate surface area is 123 Å². The Balaban J connectivity index is 1.86. The zero-order valence-electron chi connectivity index (χ0n) is 11.9. The molecule has 1 fully saturated rings. The maximum atomic E-state index is 12.2. The zero-order chi connectivity index (χ0) is 15.5. The molecular formula is C11H20N6O3S. The molecular weight excluding hydrogens is 296 g/mol. The number of nitrogens with zero attached hydrogens (tertiary/aromatic N) is 4. The fourth-order valence-corrected chi connectivity index (χ4v) is 2.89. The summed E-state index contributed by atoms with van der Waals surface area (Å²) in [6.07, 6.45) is 4.32. The van der Waals surface area contributed by atoms with Gasteiger partial charge in [-0.05, 0) is 18.8 Å². The number of piperidine rings is 1. The van der Waals surface area contributed by atoms with E-state index in [0.29, 0.717) is 19.6 Å². The lowest BCUT2D eigenvalue weighted by molar-refractivity contribution is -0.133. The highest BCUT2D eigenvalue weighted by molar-refractivity contribution is 7.88. The molecule has 2 rings (SSSR count). The number of rotatable bonds is 5. The van der Waals surface area contributed by atoms with E-state index in [1.807, 2.05) is 0 Å². The van der Waals surface area contributed by atoms with Crippen LogP contribution in [0.25, 0.3) is 0 Å². The van der Waals surface area contributed by atoms with Gasteiger partial charge in [-0.25, -0.2) is 22.8 Å². The van der Waals surface area contributed by atoms with Gasteiger partial charge in [-0.1, -0.05) is 0 Å². The third-order valence-electron chi connectivity index (χ3n) is 3.36. The Morgan fingerprint density at radius 1 is 1.57 bits per heavy atom. The molecule has 1 saturated heterocycles. The first-order chi connectivity index (χ1) is 9.83. The first kappa shape index (κ1) is 15.7. The molecule has 0 aliphatic carbocycles. The molecule has 3 N–H and O–H groups in total. The SMILES string of the molecule is CS(=O)(=O)NCC1CCCN(C(=O)Cn2cnc(N)n2)C1. The predicted molar refractivity (Wildman–Crippen MR) is 76.6 cm³/mol. The molecule has 118 valence electrons. The molecule has 1 aromatic rings. The Hall–Kier alpha value is -1.68. The molecule has 21 heavy (non-hydrogen) atoms. The van der Waals surface area contributed by atoms with Gasteiger partial charge in [-0.15, -0.1) is 5.10 Å². The number of likely N-dealkylation sites (tertiary alicyclic amines) is 1. The fourth-order valence-electron chi connectivity index (χ4n) is 2.35. The molecule has 10 heteroatoms. The topological polar surface area (TPSA) is 123 Å². The molecule has 1 atom stereocenters. The molecule has 1 amide bonds. The van der Waals surface area contributed by atoms with E-state index < -0.39 is 10.0 Å². The second-order valence-corrected chi connectivity index (χ2v) is 7.10. The van der Waals surface area contributed by atoms with Crippen LogP contribution in [-0.4, -0.2) is 59.9 Å². The monoisotopic (exact) mass is 316 g/mol. The summed E-state index contributed by atoms with van der Waals surface area (Å²) < 4.78 is 26.1. The number of carbonyl (C=O) groups is 1. The standard InChI is InChI=1S/C11H20N6O3S/c1-21(19,20)14-5-9-3-2-4-16(6-9)10(18)7-17-8-13-11(12)15-17/h8-9,14H,2-7H2,1H3,(H2,12,15). The van der Waals surface area contributed by atoms with E-state index in [0.717, 1.165) is 19.1 Å². The molecule has 1 aliphatic heterocycles. The molecule has 0 aromatic carbocycles. The van der Waals surface area contributed by atoms with Crippen LogP contribution in [0.4, 0.5) is 5.95 Å². The van der Waals surface area contributed by atoms with Crippen molar-refractivity contribution < 1.29 is 13.2 Å². The van der Waals surface area contributed by atoms with Crippen LogP contribution in [0.2, 0.25) is 0 Å². The van der Waals surface area contributed by atoms with Crippen LogP contribution >= 0.6 is 0 Å². The Morgan fingerprint density at radius 2 is 2.33 bits per heavy atom. The number of sulfonamides is 1. The number of nitrogen functional groups attached to an aromatic ring is 1. The van der Waals surface area contributed by atoms with Crippen LogP contribution < -0.4 is 10.5 Å². The van der Waals surface area contributed by atoms with E-state index in [1.165, 1.54) is 11.0 Å². The first-order valence-electron chi connectivity index (χ1n) is 6.71.